The SMILES string of the molecule is CC(C)CC(C)CC(C)CC(C)CNc1ccncc1. The Hall–Kier alpha value is -1.05. The second-order valence-corrected chi connectivity index (χ2v) is 7.03. The molecule has 3 unspecified atom stereocenters. The largest absolute Gasteiger partial charge is 0.385 e. The van der Waals surface area contributed by atoms with Crippen LogP contribution >= 0.6 is 0 Å². The highest BCUT2D eigenvalue weighted by Gasteiger charge is 2.13. The third kappa shape index (κ3) is 7.52. The summed E-state index contributed by atoms with van der Waals surface area (Å²) in [7, 11) is 0. The highest BCUT2D eigenvalue weighted by Crippen LogP contribution is 2.24. The van der Waals surface area contributed by atoms with Gasteiger partial charge < -0.3 is 5.32 Å². The van der Waals surface area contributed by atoms with E-state index in [0.717, 1.165) is 24.3 Å². The third-order valence-corrected chi connectivity index (χ3v) is 3.82. The smallest absolute Gasteiger partial charge is 0.0371 e. The van der Waals surface area contributed by atoms with Crippen molar-refractivity contribution in [3.63, 3.8) is 0 Å². The maximum atomic E-state index is 4.04. The predicted molar refractivity (Wildman–Crippen MR) is 88.9 cm³/mol. The monoisotopic (exact) mass is 276 g/mol. The van der Waals surface area contributed by atoms with Crippen LogP contribution in [0.4, 0.5) is 5.69 Å². The van der Waals surface area contributed by atoms with Gasteiger partial charge in [0, 0.05) is 24.6 Å². The lowest BCUT2D eigenvalue weighted by atomic mass is 9.86. The molecule has 1 N–H and O–H groups in total. The minimum atomic E-state index is 0.712. The van der Waals surface area contributed by atoms with Gasteiger partial charge in [0.15, 0.2) is 0 Å². The summed E-state index contributed by atoms with van der Waals surface area (Å²) >= 11 is 0. The molecule has 20 heavy (non-hydrogen) atoms. The van der Waals surface area contributed by atoms with Crippen LogP contribution in [0.1, 0.15) is 53.9 Å². The van der Waals surface area contributed by atoms with E-state index in [9.17, 15) is 0 Å². The van der Waals surface area contributed by atoms with Gasteiger partial charge in [-0.05, 0) is 55.1 Å². The van der Waals surface area contributed by atoms with Crippen molar-refractivity contribution in [3.05, 3.63) is 24.5 Å². The summed E-state index contributed by atoms with van der Waals surface area (Å²) in [5.74, 6) is 3.20. The molecule has 0 spiro atoms. The Morgan fingerprint density at radius 1 is 0.850 bits per heavy atom. The van der Waals surface area contributed by atoms with Crippen LogP contribution < -0.4 is 5.32 Å². The van der Waals surface area contributed by atoms with Crippen LogP contribution in [0, 0.1) is 23.7 Å². The number of anilines is 1. The minimum absolute atomic E-state index is 0.712. The van der Waals surface area contributed by atoms with Crippen LogP contribution in [0.3, 0.4) is 0 Å². The third-order valence-electron chi connectivity index (χ3n) is 3.82. The molecule has 114 valence electrons. The van der Waals surface area contributed by atoms with Gasteiger partial charge in [-0.3, -0.25) is 4.98 Å². The van der Waals surface area contributed by atoms with E-state index in [2.05, 4.69) is 44.9 Å². The molecule has 0 aliphatic heterocycles. The second kappa shape index (κ2) is 8.99. The predicted octanol–water partition coefficient (Wildman–Crippen LogP) is 5.23. The molecule has 1 heterocycles. The van der Waals surface area contributed by atoms with Gasteiger partial charge in [-0.1, -0.05) is 34.6 Å². The van der Waals surface area contributed by atoms with Gasteiger partial charge in [0.05, 0.1) is 0 Å². The summed E-state index contributed by atoms with van der Waals surface area (Å²) in [5.41, 5.74) is 1.17. The number of pyridine rings is 1. The van der Waals surface area contributed by atoms with Gasteiger partial charge >= 0.3 is 0 Å². The van der Waals surface area contributed by atoms with Crippen molar-refractivity contribution >= 4 is 5.69 Å². The lowest BCUT2D eigenvalue weighted by Crippen LogP contribution is -2.16. The number of nitrogens with one attached hydrogen (secondary N) is 1. The highest BCUT2D eigenvalue weighted by atomic mass is 14.9. The standard InChI is InChI=1S/C18H32N2/c1-14(2)10-15(3)11-16(4)12-17(5)13-20-18-6-8-19-9-7-18/h6-9,14-17H,10-13H2,1-5H3,(H,19,20). The Kier molecular flexibility index (Phi) is 7.64. The van der Waals surface area contributed by atoms with Crippen LogP contribution in [0.15, 0.2) is 24.5 Å². The van der Waals surface area contributed by atoms with E-state index in [-0.39, 0.29) is 0 Å². The van der Waals surface area contributed by atoms with Gasteiger partial charge in [-0.25, -0.2) is 0 Å². The van der Waals surface area contributed by atoms with E-state index in [1.54, 1.807) is 0 Å². The summed E-state index contributed by atoms with van der Waals surface area (Å²) in [4.78, 5) is 4.04. The number of hydrogen-bond acceptors (Lipinski definition) is 2. The van der Waals surface area contributed by atoms with Crippen molar-refractivity contribution in [2.24, 2.45) is 23.7 Å². The molecule has 0 aliphatic carbocycles. The molecule has 0 amide bonds. The molecular formula is C18H32N2. The van der Waals surface area contributed by atoms with E-state index >= 15 is 0 Å². The first-order valence-electron chi connectivity index (χ1n) is 8.11. The minimum Gasteiger partial charge on any atom is -0.385 e. The first kappa shape index (κ1) is 17.0. The molecule has 0 aromatic carbocycles. The maximum absolute atomic E-state index is 4.04. The molecule has 0 saturated heterocycles. The summed E-state index contributed by atoms with van der Waals surface area (Å²) in [6.45, 7) is 12.8. The Balaban J connectivity index is 2.22. The molecule has 0 radical (unpaired) electrons. The molecule has 3 atom stereocenters. The molecule has 2 nitrogen and oxygen atoms in total. The molecule has 0 fully saturated rings. The summed E-state index contributed by atoms with van der Waals surface area (Å²) < 4.78 is 0. The van der Waals surface area contributed by atoms with Crippen molar-refractivity contribution in [1.82, 2.24) is 4.98 Å². The van der Waals surface area contributed by atoms with E-state index in [0.29, 0.717) is 5.92 Å². The molecular weight excluding hydrogens is 244 g/mol. The van der Waals surface area contributed by atoms with Gasteiger partial charge in [-0.15, -0.1) is 0 Å². The van der Waals surface area contributed by atoms with E-state index < -0.39 is 0 Å². The van der Waals surface area contributed by atoms with Crippen LogP contribution in [0.2, 0.25) is 0 Å². The van der Waals surface area contributed by atoms with Crippen molar-refractivity contribution in [2.75, 3.05) is 11.9 Å². The van der Waals surface area contributed by atoms with E-state index in [1.807, 2.05) is 24.5 Å². The van der Waals surface area contributed by atoms with Gasteiger partial charge in [-0.2, -0.15) is 0 Å². The lowest BCUT2D eigenvalue weighted by Gasteiger charge is -2.22. The fourth-order valence-corrected chi connectivity index (χ4v) is 3.22. The molecule has 1 rings (SSSR count). The van der Waals surface area contributed by atoms with Crippen LogP contribution in [-0.2, 0) is 0 Å². The zero-order chi connectivity index (χ0) is 15.0. The van der Waals surface area contributed by atoms with Gasteiger partial charge in [0.1, 0.15) is 0 Å². The summed E-state index contributed by atoms with van der Waals surface area (Å²) in [6.07, 6.45) is 7.69. The molecule has 0 bridgehead atoms. The fraction of sp³-hybridized carbons (Fsp3) is 0.722. The van der Waals surface area contributed by atoms with E-state index in [1.165, 1.54) is 24.9 Å². The quantitative estimate of drug-likeness (QED) is 0.668. The number of aromatic nitrogens is 1. The molecule has 0 aliphatic rings. The molecule has 2 heteroatoms. The van der Waals surface area contributed by atoms with Gasteiger partial charge in [0.25, 0.3) is 0 Å². The second-order valence-electron chi connectivity index (χ2n) is 7.03. The molecule has 0 saturated carbocycles. The van der Waals surface area contributed by atoms with E-state index in [4.69, 9.17) is 0 Å². The normalized spacial score (nSPS) is 15.9. The van der Waals surface area contributed by atoms with Gasteiger partial charge in [0.2, 0.25) is 0 Å². The van der Waals surface area contributed by atoms with Crippen LogP contribution in [0.5, 0.6) is 0 Å². The summed E-state index contributed by atoms with van der Waals surface area (Å²) in [6, 6.07) is 4.06. The van der Waals surface area contributed by atoms with Crippen molar-refractivity contribution in [1.29, 1.82) is 0 Å². The first-order valence-corrected chi connectivity index (χ1v) is 8.11. The average molecular weight is 276 g/mol. The maximum Gasteiger partial charge on any atom is 0.0371 e. The topological polar surface area (TPSA) is 24.9 Å². The summed E-state index contributed by atoms with van der Waals surface area (Å²) in [5, 5.41) is 3.50. The van der Waals surface area contributed by atoms with Crippen molar-refractivity contribution < 1.29 is 0 Å². The average Bonchev–Trinajstić information content (AvgIpc) is 2.36. The number of rotatable bonds is 9. The van der Waals surface area contributed by atoms with Crippen molar-refractivity contribution in [2.45, 2.75) is 53.9 Å². The Bertz CT molecular complexity index is 348. The highest BCUT2D eigenvalue weighted by molar-refractivity contribution is 5.40. The first-order chi connectivity index (χ1) is 9.47. The fourth-order valence-electron chi connectivity index (χ4n) is 3.22. The number of nitrogens with zero attached hydrogens (tertiary/aromatic N) is 1. The number of hydrogen-bond donors (Lipinski definition) is 1. The Labute approximate surface area is 125 Å². The van der Waals surface area contributed by atoms with Crippen LogP contribution in [-0.4, -0.2) is 11.5 Å². The van der Waals surface area contributed by atoms with Crippen LogP contribution in [0.25, 0.3) is 0 Å². The lowest BCUT2D eigenvalue weighted by molar-refractivity contribution is 0.317. The molecule has 1 aromatic heterocycles. The zero-order valence-corrected chi connectivity index (χ0v) is 13.9. The Morgan fingerprint density at radius 2 is 1.40 bits per heavy atom. The molecule has 1 aromatic rings. The van der Waals surface area contributed by atoms with Crippen molar-refractivity contribution in [3.8, 4) is 0 Å². The Morgan fingerprint density at radius 3 is 2.00 bits per heavy atom. The zero-order valence-electron chi connectivity index (χ0n) is 13.9.